The van der Waals surface area contributed by atoms with Gasteiger partial charge in [0.2, 0.25) is 5.91 Å². The fourth-order valence-electron chi connectivity index (χ4n) is 2.49. The van der Waals surface area contributed by atoms with Gasteiger partial charge in [0, 0.05) is 13.0 Å². The van der Waals surface area contributed by atoms with E-state index in [-0.39, 0.29) is 17.7 Å². The largest absolute Gasteiger partial charge is 0.456 e. The number of hydrogen-bond acceptors (Lipinski definition) is 3. The van der Waals surface area contributed by atoms with Gasteiger partial charge in [-0.1, -0.05) is 24.3 Å². The summed E-state index contributed by atoms with van der Waals surface area (Å²) in [6.07, 6.45) is 1.85. The molecule has 1 N–H and O–H groups in total. The average molecular weight is 371 g/mol. The van der Waals surface area contributed by atoms with Gasteiger partial charge in [-0.25, -0.2) is 9.18 Å². The Hall–Kier alpha value is -2.69. The highest BCUT2D eigenvalue weighted by Gasteiger charge is 2.17. The van der Waals surface area contributed by atoms with Crippen LogP contribution in [0, 0.1) is 5.82 Å². The Kier molecular flexibility index (Phi) is 7.11. The van der Waals surface area contributed by atoms with Crippen molar-refractivity contribution in [3.63, 3.8) is 0 Å². The van der Waals surface area contributed by atoms with Crippen molar-refractivity contribution in [2.24, 2.45) is 0 Å². The van der Waals surface area contributed by atoms with Crippen LogP contribution >= 0.6 is 0 Å². The molecule has 0 spiro atoms. The Morgan fingerprint density at radius 1 is 0.963 bits per heavy atom. The average Bonchev–Trinajstić information content (AvgIpc) is 2.60. The molecule has 0 fully saturated rings. The number of esters is 1. The number of hydrogen-bond donors (Lipinski definition) is 1. The number of amides is 1. The van der Waals surface area contributed by atoms with Crippen LogP contribution in [0.2, 0.25) is 0 Å². The first-order valence-electron chi connectivity index (χ1n) is 9.06. The van der Waals surface area contributed by atoms with E-state index in [0.717, 1.165) is 17.5 Å². The minimum Gasteiger partial charge on any atom is -0.456 e. The Balaban J connectivity index is 1.73. The lowest BCUT2D eigenvalue weighted by atomic mass is 10.1. The zero-order valence-corrected chi connectivity index (χ0v) is 16.0. The lowest BCUT2D eigenvalue weighted by molar-refractivity contribution is -0.121. The zero-order valence-electron chi connectivity index (χ0n) is 16.0. The number of halogens is 1. The van der Waals surface area contributed by atoms with Crippen LogP contribution in [0.1, 0.15) is 55.1 Å². The Morgan fingerprint density at radius 2 is 1.56 bits per heavy atom. The van der Waals surface area contributed by atoms with E-state index in [0.29, 0.717) is 24.9 Å². The van der Waals surface area contributed by atoms with Gasteiger partial charge in [-0.05, 0) is 69.0 Å². The number of nitrogens with one attached hydrogen (secondary N) is 1. The number of aryl methyl sites for hydroxylation is 1. The second-order valence-electron chi connectivity index (χ2n) is 7.46. The van der Waals surface area contributed by atoms with Crippen LogP contribution in [0.5, 0.6) is 0 Å². The molecule has 0 saturated heterocycles. The summed E-state index contributed by atoms with van der Waals surface area (Å²) in [6.45, 7) is 5.88. The van der Waals surface area contributed by atoms with Gasteiger partial charge in [-0.3, -0.25) is 4.79 Å². The molecule has 0 radical (unpaired) electrons. The summed E-state index contributed by atoms with van der Waals surface area (Å²) in [4.78, 5) is 23.9. The molecule has 0 heterocycles. The number of ether oxygens (including phenoxy) is 1. The number of carbonyl (C=O) groups is 2. The first-order valence-corrected chi connectivity index (χ1v) is 9.06. The molecule has 5 heteroatoms. The third-order valence-electron chi connectivity index (χ3n) is 3.86. The standard InChI is InChI=1S/C22H26FNO3/c1-22(2,3)27-21(26)18-11-7-17(8-12-18)15-24-20(25)6-4-5-16-9-13-19(23)14-10-16/h7-14H,4-6,15H2,1-3H3,(H,24,25). The summed E-state index contributed by atoms with van der Waals surface area (Å²) in [5.74, 6) is -0.651. The van der Waals surface area contributed by atoms with Crippen molar-refractivity contribution in [2.75, 3.05) is 0 Å². The number of rotatable bonds is 7. The third-order valence-corrected chi connectivity index (χ3v) is 3.86. The Morgan fingerprint density at radius 3 is 2.15 bits per heavy atom. The summed E-state index contributed by atoms with van der Waals surface area (Å²) < 4.78 is 18.2. The van der Waals surface area contributed by atoms with Crippen LogP contribution in [-0.4, -0.2) is 17.5 Å². The van der Waals surface area contributed by atoms with Gasteiger partial charge in [0.1, 0.15) is 11.4 Å². The fourth-order valence-corrected chi connectivity index (χ4v) is 2.49. The summed E-state index contributed by atoms with van der Waals surface area (Å²) >= 11 is 0. The van der Waals surface area contributed by atoms with Crippen molar-refractivity contribution in [1.29, 1.82) is 0 Å². The van der Waals surface area contributed by atoms with Crippen LogP contribution in [-0.2, 0) is 22.5 Å². The molecule has 0 aliphatic heterocycles. The Bertz CT molecular complexity index is 762. The van der Waals surface area contributed by atoms with Crippen molar-refractivity contribution in [1.82, 2.24) is 5.32 Å². The van der Waals surface area contributed by atoms with Gasteiger partial charge < -0.3 is 10.1 Å². The lowest BCUT2D eigenvalue weighted by Crippen LogP contribution is -2.24. The van der Waals surface area contributed by atoms with E-state index in [1.54, 1.807) is 36.4 Å². The molecule has 2 rings (SSSR count). The summed E-state index contributed by atoms with van der Waals surface area (Å²) in [6, 6.07) is 13.3. The van der Waals surface area contributed by atoms with Gasteiger partial charge in [0.25, 0.3) is 0 Å². The molecule has 0 atom stereocenters. The van der Waals surface area contributed by atoms with Crippen molar-refractivity contribution < 1.29 is 18.7 Å². The molecule has 27 heavy (non-hydrogen) atoms. The fraction of sp³-hybridized carbons (Fsp3) is 0.364. The maximum absolute atomic E-state index is 12.9. The van der Waals surface area contributed by atoms with E-state index in [4.69, 9.17) is 4.74 Å². The molecule has 0 aromatic heterocycles. The van der Waals surface area contributed by atoms with Crippen LogP contribution in [0.25, 0.3) is 0 Å². The second-order valence-corrected chi connectivity index (χ2v) is 7.46. The zero-order chi connectivity index (χ0) is 19.9. The molecular formula is C22H26FNO3. The minimum absolute atomic E-state index is 0.0340. The van der Waals surface area contributed by atoms with Crippen LogP contribution in [0.15, 0.2) is 48.5 Å². The van der Waals surface area contributed by atoms with Crippen molar-refractivity contribution in [2.45, 2.75) is 52.2 Å². The van der Waals surface area contributed by atoms with Gasteiger partial charge in [-0.2, -0.15) is 0 Å². The van der Waals surface area contributed by atoms with E-state index >= 15 is 0 Å². The summed E-state index contributed by atoms with van der Waals surface area (Å²) in [5.41, 5.74) is 1.88. The molecule has 0 aliphatic rings. The normalized spacial score (nSPS) is 11.1. The summed E-state index contributed by atoms with van der Waals surface area (Å²) in [7, 11) is 0. The molecular weight excluding hydrogens is 345 g/mol. The molecule has 2 aromatic rings. The van der Waals surface area contributed by atoms with E-state index in [1.807, 2.05) is 20.8 Å². The van der Waals surface area contributed by atoms with Crippen molar-refractivity contribution in [3.8, 4) is 0 Å². The highest BCUT2D eigenvalue weighted by molar-refractivity contribution is 5.89. The molecule has 0 unspecified atom stereocenters. The lowest BCUT2D eigenvalue weighted by Gasteiger charge is -2.19. The Labute approximate surface area is 159 Å². The third kappa shape index (κ3) is 7.60. The van der Waals surface area contributed by atoms with E-state index in [9.17, 15) is 14.0 Å². The van der Waals surface area contributed by atoms with Gasteiger partial charge >= 0.3 is 5.97 Å². The predicted octanol–water partition coefficient (Wildman–Crippen LogP) is 4.42. The smallest absolute Gasteiger partial charge is 0.338 e. The topological polar surface area (TPSA) is 55.4 Å². The number of carbonyl (C=O) groups excluding carboxylic acids is 2. The van der Waals surface area contributed by atoms with Gasteiger partial charge in [0.05, 0.1) is 5.56 Å². The molecule has 0 bridgehead atoms. The highest BCUT2D eigenvalue weighted by Crippen LogP contribution is 2.13. The second kappa shape index (κ2) is 9.31. The monoisotopic (exact) mass is 371 g/mol. The van der Waals surface area contributed by atoms with E-state index in [2.05, 4.69) is 5.32 Å². The first-order chi connectivity index (χ1) is 12.7. The number of benzene rings is 2. The van der Waals surface area contributed by atoms with Crippen molar-refractivity contribution >= 4 is 11.9 Å². The maximum atomic E-state index is 12.9. The highest BCUT2D eigenvalue weighted by atomic mass is 19.1. The van der Waals surface area contributed by atoms with Crippen molar-refractivity contribution in [3.05, 3.63) is 71.0 Å². The molecule has 0 saturated carbocycles. The van der Waals surface area contributed by atoms with E-state index in [1.165, 1.54) is 12.1 Å². The SMILES string of the molecule is CC(C)(C)OC(=O)c1ccc(CNC(=O)CCCc2ccc(F)cc2)cc1. The molecule has 2 aromatic carbocycles. The first kappa shape index (κ1) is 20.6. The quantitative estimate of drug-likeness (QED) is 0.733. The van der Waals surface area contributed by atoms with Crippen LogP contribution < -0.4 is 5.32 Å². The van der Waals surface area contributed by atoms with Crippen LogP contribution in [0.3, 0.4) is 0 Å². The minimum atomic E-state index is -0.530. The summed E-state index contributed by atoms with van der Waals surface area (Å²) in [5, 5.41) is 2.87. The predicted molar refractivity (Wildman–Crippen MR) is 103 cm³/mol. The van der Waals surface area contributed by atoms with Crippen LogP contribution in [0.4, 0.5) is 4.39 Å². The molecule has 0 aliphatic carbocycles. The van der Waals surface area contributed by atoms with Gasteiger partial charge in [-0.15, -0.1) is 0 Å². The maximum Gasteiger partial charge on any atom is 0.338 e. The van der Waals surface area contributed by atoms with Gasteiger partial charge in [0.15, 0.2) is 0 Å². The van der Waals surface area contributed by atoms with E-state index < -0.39 is 5.60 Å². The molecule has 4 nitrogen and oxygen atoms in total. The molecule has 1 amide bonds. The molecule has 144 valence electrons.